The van der Waals surface area contributed by atoms with Gasteiger partial charge in [0.05, 0.1) is 17.3 Å². The highest BCUT2D eigenvalue weighted by molar-refractivity contribution is 7.99. The zero-order valence-electron chi connectivity index (χ0n) is 12.9. The van der Waals surface area contributed by atoms with Crippen LogP contribution in [0.25, 0.3) is 0 Å². The molecule has 5 heteroatoms. The van der Waals surface area contributed by atoms with E-state index in [1.807, 2.05) is 16.4 Å². The lowest BCUT2D eigenvalue weighted by Crippen LogP contribution is -2.19. The maximum Gasteiger partial charge on any atom is 0.0984 e. The van der Waals surface area contributed by atoms with Gasteiger partial charge in [-0.2, -0.15) is 5.10 Å². The topological polar surface area (TPSA) is 39.1 Å². The van der Waals surface area contributed by atoms with Crippen LogP contribution in [0.3, 0.4) is 0 Å². The lowest BCUT2D eigenvalue weighted by atomic mass is 10.1. The molecular formula is C15H27N3OS. The van der Waals surface area contributed by atoms with Gasteiger partial charge in [0.1, 0.15) is 0 Å². The van der Waals surface area contributed by atoms with Crippen LogP contribution in [0.15, 0.2) is 5.03 Å². The van der Waals surface area contributed by atoms with E-state index < -0.39 is 0 Å². The van der Waals surface area contributed by atoms with Crippen LogP contribution in [0.2, 0.25) is 0 Å². The summed E-state index contributed by atoms with van der Waals surface area (Å²) in [5.74, 6) is 2.15. The van der Waals surface area contributed by atoms with Crippen molar-refractivity contribution in [1.82, 2.24) is 15.1 Å². The molecule has 0 unspecified atom stereocenters. The number of hydrogen-bond donors (Lipinski definition) is 1. The largest absolute Gasteiger partial charge is 0.383 e. The number of hydrogen-bond acceptors (Lipinski definition) is 4. The van der Waals surface area contributed by atoms with Gasteiger partial charge in [-0.1, -0.05) is 12.8 Å². The Balaban J connectivity index is 1.91. The monoisotopic (exact) mass is 297 g/mol. The van der Waals surface area contributed by atoms with Gasteiger partial charge in [0.2, 0.25) is 0 Å². The van der Waals surface area contributed by atoms with Crippen LogP contribution in [0, 0.1) is 12.8 Å². The highest BCUT2D eigenvalue weighted by Gasteiger charge is 2.18. The summed E-state index contributed by atoms with van der Waals surface area (Å²) in [6.45, 7) is 4.63. The third-order valence-electron chi connectivity index (χ3n) is 4.00. The van der Waals surface area contributed by atoms with Gasteiger partial charge in [0.25, 0.3) is 0 Å². The van der Waals surface area contributed by atoms with E-state index in [-0.39, 0.29) is 0 Å². The molecule has 0 atom stereocenters. The SMILES string of the molecule is COCCNCc1c(C)nn(C)c1SCC1CCCC1. The Kier molecular flexibility index (Phi) is 6.39. The molecule has 1 fully saturated rings. The molecule has 0 radical (unpaired) electrons. The fraction of sp³-hybridized carbons (Fsp3) is 0.800. The van der Waals surface area contributed by atoms with E-state index >= 15 is 0 Å². The molecule has 1 N–H and O–H groups in total. The third-order valence-corrected chi connectivity index (χ3v) is 5.43. The molecule has 1 aliphatic rings. The summed E-state index contributed by atoms with van der Waals surface area (Å²) in [4.78, 5) is 0. The Morgan fingerprint density at radius 3 is 2.85 bits per heavy atom. The van der Waals surface area contributed by atoms with Crippen LogP contribution in [0.1, 0.15) is 36.9 Å². The molecule has 2 rings (SSSR count). The first-order valence-corrected chi connectivity index (χ1v) is 8.56. The molecular weight excluding hydrogens is 270 g/mol. The van der Waals surface area contributed by atoms with Crippen LogP contribution >= 0.6 is 11.8 Å². The first-order chi connectivity index (χ1) is 9.72. The predicted octanol–water partition coefficient (Wildman–Crippen LogP) is 2.75. The lowest BCUT2D eigenvalue weighted by Gasteiger charge is -2.11. The van der Waals surface area contributed by atoms with Crippen molar-refractivity contribution in [2.24, 2.45) is 13.0 Å². The first-order valence-electron chi connectivity index (χ1n) is 7.57. The first kappa shape index (κ1) is 15.9. The molecule has 4 nitrogen and oxygen atoms in total. The fourth-order valence-corrected chi connectivity index (χ4v) is 4.18. The maximum absolute atomic E-state index is 5.07. The quantitative estimate of drug-likeness (QED) is 0.591. The van der Waals surface area contributed by atoms with Crippen molar-refractivity contribution in [1.29, 1.82) is 0 Å². The van der Waals surface area contributed by atoms with Gasteiger partial charge in [-0.25, -0.2) is 0 Å². The van der Waals surface area contributed by atoms with Crippen molar-refractivity contribution in [2.75, 3.05) is 26.0 Å². The van der Waals surface area contributed by atoms with Crippen molar-refractivity contribution >= 4 is 11.8 Å². The Bertz CT molecular complexity index is 413. The highest BCUT2D eigenvalue weighted by atomic mass is 32.2. The van der Waals surface area contributed by atoms with Crippen LogP contribution < -0.4 is 5.32 Å². The molecule has 0 bridgehead atoms. The van der Waals surface area contributed by atoms with Gasteiger partial charge in [0, 0.05) is 38.6 Å². The van der Waals surface area contributed by atoms with E-state index in [0.717, 1.165) is 31.3 Å². The van der Waals surface area contributed by atoms with Crippen LogP contribution in [-0.4, -0.2) is 35.8 Å². The third kappa shape index (κ3) is 4.24. The van der Waals surface area contributed by atoms with E-state index in [2.05, 4.69) is 24.4 Å². The van der Waals surface area contributed by atoms with E-state index in [0.29, 0.717) is 0 Å². The molecule has 1 aromatic rings. The van der Waals surface area contributed by atoms with E-state index in [1.165, 1.54) is 42.0 Å². The second-order valence-electron chi connectivity index (χ2n) is 5.62. The molecule has 20 heavy (non-hydrogen) atoms. The van der Waals surface area contributed by atoms with E-state index in [1.54, 1.807) is 7.11 Å². The molecule has 1 aliphatic carbocycles. The zero-order valence-corrected chi connectivity index (χ0v) is 13.8. The predicted molar refractivity (Wildman–Crippen MR) is 84.2 cm³/mol. The standard InChI is InChI=1S/C15H27N3OS/c1-12-14(10-16-8-9-19-3)15(18(2)17-12)20-11-13-6-4-5-7-13/h13,16H,4-11H2,1-3H3. The van der Waals surface area contributed by atoms with Crippen LogP contribution in [0.5, 0.6) is 0 Å². The molecule has 1 aromatic heterocycles. The number of nitrogens with zero attached hydrogens (tertiary/aromatic N) is 2. The summed E-state index contributed by atoms with van der Waals surface area (Å²) in [6, 6.07) is 0. The van der Waals surface area contributed by atoms with Crippen molar-refractivity contribution in [3.63, 3.8) is 0 Å². The summed E-state index contributed by atoms with van der Waals surface area (Å²) in [5.41, 5.74) is 2.50. The minimum atomic E-state index is 0.754. The summed E-state index contributed by atoms with van der Waals surface area (Å²) < 4.78 is 7.12. The summed E-state index contributed by atoms with van der Waals surface area (Å²) in [6.07, 6.45) is 5.65. The van der Waals surface area contributed by atoms with Gasteiger partial charge >= 0.3 is 0 Å². The van der Waals surface area contributed by atoms with Crippen molar-refractivity contribution in [3.05, 3.63) is 11.3 Å². The molecule has 114 valence electrons. The second-order valence-corrected chi connectivity index (χ2v) is 6.63. The lowest BCUT2D eigenvalue weighted by molar-refractivity contribution is 0.199. The molecule has 0 aromatic carbocycles. The minimum Gasteiger partial charge on any atom is -0.383 e. The normalized spacial score (nSPS) is 16.1. The van der Waals surface area contributed by atoms with Crippen LogP contribution in [-0.2, 0) is 18.3 Å². The number of rotatable bonds is 8. The molecule has 1 saturated carbocycles. The minimum absolute atomic E-state index is 0.754. The molecule has 0 aliphatic heterocycles. The maximum atomic E-state index is 5.07. The average molecular weight is 297 g/mol. The summed E-state index contributed by atoms with van der Waals surface area (Å²) in [7, 11) is 3.79. The Labute approximate surface area is 126 Å². The summed E-state index contributed by atoms with van der Waals surface area (Å²) >= 11 is 1.98. The van der Waals surface area contributed by atoms with Gasteiger partial charge in [-0.05, 0) is 25.7 Å². The van der Waals surface area contributed by atoms with Gasteiger partial charge in [-0.3, -0.25) is 4.68 Å². The zero-order chi connectivity index (χ0) is 14.4. The smallest absolute Gasteiger partial charge is 0.0984 e. The summed E-state index contributed by atoms with van der Waals surface area (Å²) in [5, 5.41) is 9.35. The highest BCUT2D eigenvalue weighted by Crippen LogP contribution is 2.32. The van der Waals surface area contributed by atoms with Crippen LogP contribution in [0.4, 0.5) is 0 Å². The van der Waals surface area contributed by atoms with Crippen molar-refractivity contribution < 1.29 is 4.74 Å². The number of methoxy groups -OCH3 is 1. The van der Waals surface area contributed by atoms with Gasteiger partial charge in [-0.15, -0.1) is 11.8 Å². The van der Waals surface area contributed by atoms with Gasteiger partial charge < -0.3 is 10.1 Å². The molecule has 0 saturated heterocycles. The second kappa shape index (κ2) is 8.05. The van der Waals surface area contributed by atoms with Crippen molar-refractivity contribution in [3.8, 4) is 0 Å². The Morgan fingerprint density at radius 1 is 1.40 bits per heavy atom. The number of aryl methyl sites for hydroxylation is 2. The van der Waals surface area contributed by atoms with E-state index in [9.17, 15) is 0 Å². The fourth-order valence-electron chi connectivity index (χ4n) is 2.83. The molecule has 1 heterocycles. The number of thioether (sulfide) groups is 1. The average Bonchev–Trinajstić information content (AvgIpc) is 3.02. The van der Waals surface area contributed by atoms with Crippen molar-refractivity contribution in [2.45, 2.75) is 44.2 Å². The number of aromatic nitrogens is 2. The molecule has 0 spiro atoms. The number of nitrogens with one attached hydrogen (secondary N) is 1. The van der Waals surface area contributed by atoms with E-state index in [4.69, 9.17) is 4.74 Å². The molecule has 0 amide bonds. The Morgan fingerprint density at radius 2 is 2.15 bits per heavy atom. The Hall–Kier alpha value is -0.520. The number of ether oxygens (including phenoxy) is 1. The van der Waals surface area contributed by atoms with Gasteiger partial charge in [0.15, 0.2) is 0 Å².